The van der Waals surface area contributed by atoms with Crippen LogP contribution in [0, 0.1) is 0 Å². The van der Waals surface area contributed by atoms with Crippen LogP contribution in [0.2, 0.25) is 0 Å². The zero-order valence-electron chi connectivity index (χ0n) is 16.2. The van der Waals surface area contributed by atoms with Crippen LogP contribution in [0.3, 0.4) is 0 Å². The number of benzene rings is 1. The van der Waals surface area contributed by atoms with Gasteiger partial charge < -0.3 is 9.30 Å². The summed E-state index contributed by atoms with van der Waals surface area (Å²) in [5, 5.41) is 0. The first-order valence-corrected chi connectivity index (χ1v) is 11.4. The standard InChI is InChI=1S/C20H21Br2N5O2/c1-3-25-18(28)16-17(27-14-6-4-5-13(14)23-20(25)27)24-19(22)26(16)10-11-7-8-15(29-2)12(21)9-11/h7-9,13-14H,3-6,10H2,1-2H3/t13-,14+/m1/s1. The molecule has 1 saturated carbocycles. The summed E-state index contributed by atoms with van der Waals surface area (Å²) in [4.78, 5) is 27.1. The molecule has 0 N–H and O–H groups in total. The van der Waals surface area contributed by atoms with E-state index in [1.165, 1.54) is 6.42 Å². The third-order valence-electron chi connectivity index (χ3n) is 5.97. The first kappa shape index (κ1) is 19.1. The van der Waals surface area contributed by atoms with E-state index >= 15 is 0 Å². The predicted molar refractivity (Wildman–Crippen MR) is 118 cm³/mol. The van der Waals surface area contributed by atoms with E-state index in [9.17, 15) is 4.79 Å². The number of aromatic nitrogens is 2. The number of imidazole rings is 1. The first-order valence-electron chi connectivity index (χ1n) is 9.80. The van der Waals surface area contributed by atoms with Crippen molar-refractivity contribution in [2.45, 2.75) is 44.8 Å². The summed E-state index contributed by atoms with van der Waals surface area (Å²) in [7, 11) is 1.64. The number of anilines is 1. The maximum Gasteiger partial charge on any atom is 0.281 e. The number of nitrogens with zero attached hydrogens (tertiary/aromatic N) is 5. The summed E-state index contributed by atoms with van der Waals surface area (Å²) in [6.07, 6.45) is 3.33. The summed E-state index contributed by atoms with van der Waals surface area (Å²) >= 11 is 7.14. The average Bonchev–Trinajstić information content (AvgIpc) is 3.36. The highest BCUT2D eigenvalue weighted by Crippen LogP contribution is 2.41. The number of ether oxygens (including phenoxy) is 1. The molecule has 1 aromatic heterocycles. The zero-order valence-corrected chi connectivity index (χ0v) is 19.4. The first-order chi connectivity index (χ1) is 14.0. The van der Waals surface area contributed by atoms with Crippen LogP contribution in [0.15, 0.2) is 32.4 Å². The number of rotatable bonds is 4. The van der Waals surface area contributed by atoms with E-state index < -0.39 is 0 Å². The SMILES string of the molecule is CCN1C(=O)c2c(nc(Br)n2Cc2ccc(OC)c(Br)c2)N2C1=N[C@@H]1CCC[C@@H]12. The van der Waals surface area contributed by atoms with Crippen LogP contribution in [-0.2, 0) is 6.54 Å². The minimum absolute atomic E-state index is 0.0387. The van der Waals surface area contributed by atoms with Gasteiger partial charge in [-0.15, -0.1) is 0 Å². The van der Waals surface area contributed by atoms with Gasteiger partial charge in [0.25, 0.3) is 5.91 Å². The van der Waals surface area contributed by atoms with E-state index in [0.29, 0.717) is 29.6 Å². The largest absolute Gasteiger partial charge is 0.496 e. The molecule has 29 heavy (non-hydrogen) atoms. The second-order valence-electron chi connectivity index (χ2n) is 7.52. The van der Waals surface area contributed by atoms with Gasteiger partial charge >= 0.3 is 0 Å². The Balaban J connectivity index is 1.59. The van der Waals surface area contributed by atoms with Crippen LogP contribution in [0.4, 0.5) is 5.82 Å². The number of fused-ring (bicyclic) bond motifs is 5. The molecule has 3 heterocycles. The van der Waals surface area contributed by atoms with Crippen molar-refractivity contribution in [3.8, 4) is 5.75 Å². The molecule has 0 spiro atoms. The van der Waals surface area contributed by atoms with Crippen LogP contribution in [0.1, 0.15) is 42.2 Å². The number of hydrogen-bond donors (Lipinski definition) is 0. The molecule has 0 saturated heterocycles. The Kier molecular flexibility index (Phi) is 4.70. The Morgan fingerprint density at radius 2 is 2.10 bits per heavy atom. The fourth-order valence-electron chi connectivity index (χ4n) is 4.61. The Bertz CT molecular complexity index is 1030. The summed E-state index contributed by atoms with van der Waals surface area (Å²) in [5.74, 6) is 2.23. The summed E-state index contributed by atoms with van der Waals surface area (Å²) in [5.41, 5.74) is 1.67. The van der Waals surface area contributed by atoms with Crippen molar-refractivity contribution in [1.82, 2.24) is 14.5 Å². The fraction of sp³-hybridized carbons (Fsp3) is 0.450. The van der Waals surface area contributed by atoms with Gasteiger partial charge in [-0.3, -0.25) is 14.6 Å². The van der Waals surface area contributed by atoms with E-state index in [0.717, 1.165) is 40.4 Å². The van der Waals surface area contributed by atoms with Crippen molar-refractivity contribution in [2.75, 3.05) is 18.6 Å². The number of methoxy groups -OCH3 is 1. The normalized spacial score (nSPS) is 22.5. The van der Waals surface area contributed by atoms with Gasteiger partial charge in [0, 0.05) is 6.54 Å². The molecule has 1 aromatic carbocycles. The molecule has 1 fully saturated rings. The number of halogens is 2. The zero-order chi connectivity index (χ0) is 20.3. The smallest absolute Gasteiger partial charge is 0.281 e. The summed E-state index contributed by atoms with van der Waals surface area (Å²) in [6, 6.07) is 6.50. The second-order valence-corrected chi connectivity index (χ2v) is 9.09. The molecule has 0 bridgehead atoms. The van der Waals surface area contributed by atoms with E-state index in [1.54, 1.807) is 12.0 Å². The topological polar surface area (TPSA) is 63.0 Å². The van der Waals surface area contributed by atoms with Crippen LogP contribution in [-0.4, -0.2) is 52.1 Å². The summed E-state index contributed by atoms with van der Waals surface area (Å²) < 4.78 is 8.81. The van der Waals surface area contributed by atoms with Gasteiger partial charge in [0.2, 0.25) is 5.96 Å². The molecule has 2 aromatic rings. The number of hydrogen-bond acceptors (Lipinski definition) is 5. The Morgan fingerprint density at radius 3 is 2.83 bits per heavy atom. The van der Waals surface area contributed by atoms with Gasteiger partial charge in [0.15, 0.2) is 16.2 Å². The molecule has 7 nitrogen and oxygen atoms in total. The van der Waals surface area contributed by atoms with Gasteiger partial charge in [-0.05, 0) is 75.7 Å². The van der Waals surface area contributed by atoms with Gasteiger partial charge in [-0.1, -0.05) is 6.07 Å². The van der Waals surface area contributed by atoms with Crippen LogP contribution in [0.25, 0.3) is 0 Å². The number of amides is 1. The molecule has 3 aliphatic rings. The van der Waals surface area contributed by atoms with Gasteiger partial charge in [0.05, 0.1) is 30.2 Å². The number of carbonyl (C=O) groups excluding carboxylic acids is 1. The molecule has 5 rings (SSSR count). The van der Waals surface area contributed by atoms with Crippen molar-refractivity contribution in [1.29, 1.82) is 0 Å². The second kappa shape index (κ2) is 7.12. The monoisotopic (exact) mass is 521 g/mol. The molecule has 1 amide bonds. The predicted octanol–water partition coefficient (Wildman–Crippen LogP) is 4.04. The lowest BCUT2D eigenvalue weighted by Gasteiger charge is -2.35. The van der Waals surface area contributed by atoms with Crippen molar-refractivity contribution < 1.29 is 9.53 Å². The molecular weight excluding hydrogens is 502 g/mol. The van der Waals surface area contributed by atoms with Crippen molar-refractivity contribution in [2.24, 2.45) is 4.99 Å². The molecule has 1 aliphatic carbocycles. The molecule has 152 valence electrons. The lowest BCUT2D eigenvalue weighted by atomic mass is 10.1. The molecule has 9 heteroatoms. The average molecular weight is 523 g/mol. The molecule has 0 unspecified atom stereocenters. The van der Waals surface area contributed by atoms with Gasteiger partial charge in [-0.2, -0.15) is 0 Å². The third-order valence-corrected chi connectivity index (χ3v) is 7.19. The number of aliphatic imine (C=N–C) groups is 1. The van der Waals surface area contributed by atoms with E-state index in [-0.39, 0.29) is 11.9 Å². The van der Waals surface area contributed by atoms with Crippen molar-refractivity contribution >= 4 is 49.5 Å². The maximum absolute atomic E-state index is 13.4. The Morgan fingerprint density at radius 1 is 1.28 bits per heavy atom. The minimum Gasteiger partial charge on any atom is -0.496 e. The lowest BCUT2D eigenvalue weighted by molar-refractivity contribution is 0.0835. The molecule has 0 radical (unpaired) electrons. The maximum atomic E-state index is 13.4. The van der Waals surface area contributed by atoms with Crippen molar-refractivity contribution in [3.63, 3.8) is 0 Å². The highest BCUT2D eigenvalue weighted by atomic mass is 79.9. The van der Waals surface area contributed by atoms with E-state index in [1.807, 2.05) is 29.7 Å². The Labute approximate surface area is 186 Å². The fourth-order valence-corrected chi connectivity index (χ4v) is 5.67. The molecular formula is C20H21Br2N5O2. The van der Waals surface area contributed by atoms with Gasteiger partial charge in [0.1, 0.15) is 5.75 Å². The summed E-state index contributed by atoms with van der Waals surface area (Å²) in [6.45, 7) is 3.11. The van der Waals surface area contributed by atoms with E-state index in [2.05, 4.69) is 36.8 Å². The lowest BCUT2D eigenvalue weighted by Crippen LogP contribution is -2.53. The van der Waals surface area contributed by atoms with Crippen molar-refractivity contribution in [3.05, 3.63) is 38.7 Å². The van der Waals surface area contributed by atoms with E-state index in [4.69, 9.17) is 14.7 Å². The molecule has 2 aliphatic heterocycles. The number of carbonyl (C=O) groups is 1. The number of guanidine groups is 1. The minimum atomic E-state index is -0.0387. The highest BCUT2D eigenvalue weighted by Gasteiger charge is 2.49. The quantitative estimate of drug-likeness (QED) is 0.608. The third kappa shape index (κ3) is 2.84. The van der Waals surface area contributed by atoms with Gasteiger partial charge in [-0.25, -0.2) is 9.98 Å². The van der Waals surface area contributed by atoms with Crippen LogP contribution in [0.5, 0.6) is 5.75 Å². The van der Waals surface area contributed by atoms with Crippen LogP contribution >= 0.6 is 31.9 Å². The highest BCUT2D eigenvalue weighted by molar-refractivity contribution is 9.10. The Hall–Kier alpha value is -1.87. The molecule has 2 atom stereocenters. The van der Waals surface area contributed by atoms with Crippen LogP contribution < -0.4 is 9.64 Å².